The third-order valence-corrected chi connectivity index (χ3v) is 3.23. The molecular formula is C14H15Cl3N2O4. The molecule has 0 radical (unpaired) electrons. The van der Waals surface area contributed by atoms with Crippen LogP contribution in [0.1, 0.15) is 13.8 Å². The van der Waals surface area contributed by atoms with E-state index in [0.717, 1.165) is 6.20 Å². The average Bonchev–Trinajstić information content (AvgIpc) is 2.45. The molecule has 1 aromatic rings. The van der Waals surface area contributed by atoms with E-state index in [1.807, 2.05) is 0 Å². The summed E-state index contributed by atoms with van der Waals surface area (Å²) >= 11 is 17.8. The molecule has 0 heterocycles. The average molecular weight is 382 g/mol. The summed E-state index contributed by atoms with van der Waals surface area (Å²) in [6.07, 6.45) is 1.11. The van der Waals surface area contributed by atoms with Crippen LogP contribution in [0.2, 0.25) is 15.1 Å². The van der Waals surface area contributed by atoms with Gasteiger partial charge in [-0.3, -0.25) is 5.43 Å². The lowest BCUT2D eigenvalue weighted by Gasteiger charge is -2.12. The smallest absolute Gasteiger partial charge is 0.347 e. The standard InChI is InChI=1S/C14H15Cl3N2O4/c1-3-22-13(20)9(14(21)23-4-2)7-18-19-12-10(16)5-8(15)6-11(12)17/h5-7,18-19H,3-4H2,1-2H3. The van der Waals surface area contributed by atoms with E-state index in [-0.39, 0.29) is 28.8 Å². The first-order valence-corrected chi connectivity index (χ1v) is 7.74. The molecule has 23 heavy (non-hydrogen) atoms. The van der Waals surface area contributed by atoms with E-state index in [4.69, 9.17) is 44.3 Å². The van der Waals surface area contributed by atoms with Crippen molar-refractivity contribution in [3.63, 3.8) is 0 Å². The van der Waals surface area contributed by atoms with Crippen LogP contribution in [-0.4, -0.2) is 25.2 Å². The summed E-state index contributed by atoms with van der Waals surface area (Å²) < 4.78 is 9.58. The number of halogens is 3. The molecule has 0 spiro atoms. The maximum Gasteiger partial charge on any atom is 0.347 e. The van der Waals surface area contributed by atoms with Gasteiger partial charge in [0.15, 0.2) is 5.57 Å². The highest BCUT2D eigenvalue weighted by Gasteiger charge is 2.21. The zero-order chi connectivity index (χ0) is 17.4. The van der Waals surface area contributed by atoms with Gasteiger partial charge in [0.2, 0.25) is 0 Å². The predicted molar refractivity (Wildman–Crippen MR) is 89.6 cm³/mol. The van der Waals surface area contributed by atoms with Gasteiger partial charge >= 0.3 is 11.9 Å². The Bertz CT molecular complexity index is 577. The molecular weight excluding hydrogens is 367 g/mol. The van der Waals surface area contributed by atoms with Gasteiger partial charge in [0.05, 0.1) is 28.9 Å². The highest BCUT2D eigenvalue weighted by molar-refractivity contribution is 6.41. The Morgan fingerprint density at radius 3 is 1.96 bits per heavy atom. The molecule has 0 aromatic heterocycles. The van der Waals surface area contributed by atoms with E-state index in [9.17, 15) is 9.59 Å². The fraction of sp³-hybridized carbons (Fsp3) is 0.286. The molecule has 2 N–H and O–H groups in total. The second kappa shape index (κ2) is 9.50. The first-order chi connectivity index (χ1) is 10.9. The fourth-order valence-electron chi connectivity index (χ4n) is 1.46. The van der Waals surface area contributed by atoms with E-state index in [1.165, 1.54) is 12.1 Å². The first-order valence-electron chi connectivity index (χ1n) is 6.61. The van der Waals surface area contributed by atoms with Crippen molar-refractivity contribution in [1.82, 2.24) is 5.43 Å². The molecule has 1 rings (SSSR count). The SMILES string of the molecule is CCOC(=O)C(=CNNc1c(Cl)cc(Cl)cc1Cl)C(=O)OCC. The van der Waals surface area contributed by atoms with Crippen LogP contribution in [0.25, 0.3) is 0 Å². The van der Waals surface area contributed by atoms with Crippen LogP contribution in [0, 0.1) is 0 Å². The van der Waals surface area contributed by atoms with Crippen molar-refractivity contribution in [2.24, 2.45) is 0 Å². The third kappa shape index (κ3) is 5.82. The number of carbonyl (C=O) groups excluding carboxylic acids is 2. The lowest BCUT2D eigenvalue weighted by molar-refractivity contribution is -0.146. The van der Waals surface area contributed by atoms with Gasteiger partial charge in [-0.15, -0.1) is 0 Å². The predicted octanol–water partition coefficient (Wildman–Crippen LogP) is 3.57. The molecule has 6 nitrogen and oxygen atoms in total. The number of anilines is 1. The number of carbonyl (C=O) groups is 2. The molecule has 0 bridgehead atoms. The Hall–Kier alpha value is -1.63. The number of nitrogens with one attached hydrogen (secondary N) is 2. The van der Waals surface area contributed by atoms with Gasteiger partial charge < -0.3 is 14.9 Å². The Kier molecular flexibility index (Phi) is 8.02. The number of ether oxygens (including phenoxy) is 2. The Balaban J connectivity index is 2.89. The maximum absolute atomic E-state index is 11.8. The molecule has 0 saturated heterocycles. The van der Waals surface area contributed by atoms with E-state index in [0.29, 0.717) is 10.7 Å². The second-order valence-corrected chi connectivity index (χ2v) is 5.26. The summed E-state index contributed by atoms with van der Waals surface area (Å²) in [6, 6.07) is 2.97. The van der Waals surface area contributed by atoms with Gasteiger partial charge in [0.25, 0.3) is 0 Å². The molecule has 1 aromatic carbocycles. The Morgan fingerprint density at radius 2 is 1.52 bits per heavy atom. The number of hydrogen-bond acceptors (Lipinski definition) is 6. The van der Waals surface area contributed by atoms with Crippen molar-refractivity contribution < 1.29 is 19.1 Å². The van der Waals surface area contributed by atoms with Crippen molar-refractivity contribution in [3.05, 3.63) is 39.0 Å². The number of hydrazine groups is 1. The van der Waals surface area contributed by atoms with E-state index < -0.39 is 11.9 Å². The molecule has 0 aliphatic carbocycles. The lowest BCUT2D eigenvalue weighted by atomic mass is 10.3. The molecule has 0 fully saturated rings. The van der Waals surface area contributed by atoms with E-state index in [2.05, 4.69) is 10.9 Å². The summed E-state index contributed by atoms with van der Waals surface area (Å²) in [7, 11) is 0. The van der Waals surface area contributed by atoms with Crippen LogP contribution in [0.3, 0.4) is 0 Å². The van der Waals surface area contributed by atoms with Gasteiger partial charge in [0, 0.05) is 11.2 Å². The van der Waals surface area contributed by atoms with Gasteiger partial charge in [-0.25, -0.2) is 9.59 Å². The Morgan fingerprint density at radius 1 is 1.04 bits per heavy atom. The second-order valence-electron chi connectivity index (χ2n) is 4.01. The van der Waals surface area contributed by atoms with Crippen LogP contribution in [0.5, 0.6) is 0 Å². The van der Waals surface area contributed by atoms with E-state index >= 15 is 0 Å². The van der Waals surface area contributed by atoms with Gasteiger partial charge in [-0.1, -0.05) is 34.8 Å². The van der Waals surface area contributed by atoms with Crippen LogP contribution in [-0.2, 0) is 19.1 Å². The van der Waals surface area contributed by atoms with Crippen LogP contribution >= 0.6 is 34.8 Å². The Labute approximate surface area is 148 Å². The molecule has 0 amide bonds. The molecule has 0 aliphatic rings. The number of esters is 2. The van der Waals surface area contributed by atoms with Crippen molar-refractivity contribution in [3.8, 4) is 0 Å². The van der Waals surface area contributed by atoms with E-state index in [1.54, 1.807) is 13.8 Å². The summed E-state index contributed by atoms with van der Waals surface area (Å²) in [4.78, 5) is 23.5. The number of rotatable bonds is 7. The first kappa shape index (κ1) is 19.4. The summed E-state index contributed by atoms with van der Waals surface area (Å²) in [5.74, 6) is -1.62. The molecule has 9 heteroatoms. The normalized spacial score (nSPS) is 9.78. The van der Waals surface area contributed by atoms with Gasteiger partial charge in [-0.2, -0.15) is 0 Å². The molecule has 0 aliphatic heterocycles. The molecule has 0 atom stereocenters. The third-order valence-electron chi connectivity index (χ3n) is 2.41. The fourth-order valence-corrected chi connectivity index (χ4v) is 2.37. The number of benzene rings is 1. The minimum absolute atomic E-state index is 0.123. The topological polar surface area (TPSA) is 76.7 Å². The van der Waals surface area contributed by atoms with Gasteiger partial charge in [0.1, 0.15) is 0 Å². The zero-order valence-corrected chi connectivity index (χ0v) is 14.7. The van der Waals surface area contributed by atoms with Crippen LogP contribution in [0.4, 0.5) is 5.69 Å². The van der Waals surface area contributed by atoms with Crippen LogP contribution < -0.4 is 10.9 Å². The largest absolute Gasteiger partial charge is 0.462 e. The summed E-state index contributed by atoms with van der Waals surface area (Å²) in [6.45, 7) is 3.49. The quantitative estimate of drug-likeness (QED) is 0.247. The lowest BCUT2D eigenvalue weighted by Crippen LogP contribution is -2.24. The highest BCUT2D eigenvalue weighted by atomic mass is 35.5. The zero-order valence-electron chi connectivity index (χ0n) is 12.4. The monoisotopic (exact) mass is 380 g/mol. The van der Waals surface area contributed by atoms with Crippen molar-refractivity contribution >= 4 is 52.4 Å². The van der Waals surface area contributed by atoms with Crippen molar-refractivity contribution in [2.75, 3.05) is 18.6 Å². The summed E-state index contributed by atoms with van der Waals surface area (Å²) in [5.41, 5.74) is 5.26. The number of hydrogen-bond donors (Lipinski definition) is 2. The van der Waals surface area contributed by atoms with Gasteiger partial charge in [-0.05, 0) is 26.0 Å². The molecule has 0 saturated carbocycles. The van der Waals surface area contributed by atoms with Crippen LogP contribution in [0.15, 0.2) is 23.9 Å². The summed E-state index contributed by atoms with van der Waals surface area (Å²) in [5, 5.41) is 0.897. The minimum Gasteiger partial charge on any atom is -0.462 e. The maximum atomic E-state index is 11.8. The van der Waals surface area contributed by atoms with Crippen molar-refractivity contribution in [2.45, 2.75) is 13.8 Å². The minimum atomic E-state index is -0.812. The van der Waals surface area contributed by atoms with Crippen molar-refractivity contribution in [1.29, 1.82) is 0 Å². The highest BCUT2D eigenvalue weighted by Crippen LogP contribution is 2.33. The molecule has 0 unspecified atom stereocenters. The molecule has 126 valence electrons.